The fourth-order valence-corrected chi connectivity index (χ4v) is 2.68. The molecule has 1 aromatic rings. The van der Waals surface area contributed by atoms with E-state index in [4.69, 9.17) is 0 Å². The van der Waals surface area contributed by atoms with Crippen LogP contribution in [0.2, 0.25) is 0 Å². The molecule has 100 valence electrons. The van der Waals surface area contributed by atoms with Crippen LogP contribution < -0.4 is 5.32 Å². The molecule has 3 rings (SSSR count). The number of carbonyl (C=O) groups is 2. The van der Waals surface area contributed by atoms with Crippen LogP contribution in [0, 0.1) is 0 Å². The zero-order chi connectivity index (χ0) is 13.4. The van der Waals surface area contributed by atoms with Crippen LogP contribution in [0.25, 0.3) is 0 Å². The standard InChI is InChI=1S/C14H16N2O3/c17-11-2-1-5-16(8-11)14(19)9-3-4-12-10(6-9)7-13(18)15-12/h3-4,6,11,17H,1-2,5,7-8H2,(H,15,18)/t11-/m0/s1. The SMILES string of the molecule is O=C1Cc2cc(C(=O)N3CCC[C@H](O)C3)ccc2N1. The van der Waals surface area contributed by atoms with E-state index in [2.05, 4.69) is 5.32 Å². The second-order valence-electron chi connectivity index (χ2n) is 5.14. The van der Waals surface area contributed by atoms with Crippen LogP contribution >= 0.6 is 0 Å². The Hall–Kier alpha value is -1.88. The largest absolute Gasteiger partial charge is 0.391 e. The quantitative estimate of drug-likeness (QED) is 0.784. The number of rotatable bonds is 1. The predicted molar refractivity (Wildman–Crippen MR) is 69.9 cm³/mol. The van der Waals surface area contributed by atoms with Crippen LogP contribution in [0.1, 0.15) is 28.8 Å². The fraction of sp³-hybridized carbons (Fsp3) is 0.429. The lowest BCUT2D eigenvalue weighted by atomic mass is 10.0. The van der Waals surface area contributed by atoms with Crippen molar-refractivity contribution in [3.05, 3.63) is 29.3 Å². The first-order valence-corrected chi connectivity index (χ1v) is 6.53. The van der Waals surface area contributed by atoms with Gasteiger partial charge in [0.2, 0.25) is 5.91 Å². The second kappa shape index (κ2) is 4.66. The number of aliphatic hydroxyl groups is 1. The van der Waals surface area contributed by atoms with Crippen molar-refractivity contribution >= 4 is 17.5 Å². The Bertz CT molecular complexity index is 541. The first-order chi connectivity index (χ1) is 9.13. The molecule has 1 atom stereocenters. The lowest BCUT2D eigenvalue weighted by molar-refractivity contribution is -0.115. The Morgan fingerprint density at radius 2 is 2.26 bits per heavy atom. The van der Waals surface area contributed by atoms with E-state index in [1.807, 2.05) is 0 Å². The maximum atomic E-state index is 12.3. The van der Waals surface area contributed by atoms with Crippen molar-refractivity contribution in [2.75, 3.05) is 18.4 Å². The van der Waals surface area contributed by atoms with E-state index in [9.17, 15) is 14.7 Å². The summed E-state index contributed by atoms with van der Waals surface area (Å²) in [4.78, 5) is 25.3. The van der Waals surface area contributed by atoms with E-state index in [0.29, 0.717) is 25.1 Å². The van der Waals surface area contributed by atoms with Gasteiger partial charge in [-0.1, -0.05) is 0 Å². The number of β-amino-alcohol motifs (C(OH)–C–C–N with tert-alkyl or cyclic N) is 1. The molecule has 0 aliphatic carbocycles. The van der Waals surface area contributed by atoms with E-state index in [1.54, 1.807) is 23.1 Å². The van der Waals surface area contributed by atoms with E-state index in [0.717, 1.165) is 24.1 Å². The van der Waals surface area contributed by atoms with Gasteiger partial charge < -0.3 is 15.3 Å². The molecule has 5 nitrogen and oxygen atoms in total. The van der Waals surface area contributed by atoms with Gasteiger partial charge in [0.1, 0.15) is 0 Å². The zero-order valence-corrected chi connectivity index (χ0v) is 10.6. The summed E-state index contributed by atoms with van der Waals surface area (Å²) in [7, 11) is 0. The summed E-state index contributed by atoms with van der Waals surface area (Å²) in [6, 6.07) is 5.28. The Balaban J connectivity index is 1.81. The van der Waals surface area contributed by atoms with Gasteiger partial charge in [0.25, 0.3) is 5.91 Å². The first-order valence-electron chi connectivity index (χ1n) is 6.53. The van der Waals surface area contributed by atoms with Crippen LogP contribution in [0.5, 0.6) is 0 Å². The third-order valence-corrected chi connectivity index (χ3v) is 3.66. The number of nitrogens with one attached hydrogen (secondary N) is 1. The summed E-state index contributed by atoms with van der Waals surface area (Å²) < 4.78 is 0. The number of fused-ring (bicyclic) bond motifs is 1. The highest BCUT2D eigenvalue weighted by Crippen LogP contribution is 2.25. The zero-order valence-electron chi connectivity index (χ0n) is 10.6. The number of amides is 2. The van der Waals surface area contributed by atoms with Crippen molar-refractivity contribution < 1.29 is 14.7 Å². The summed E-state index contributed by atoms with van der Waals surface area (Å²) >= 11 is 0. The normalized spacial score (nSPS) is 22.1. The monoisotopic (exact) mass is 260 g/mol. The molecule has 2 aliphatic heterocycles. The highest BCUT2D eigenvalue weighted by Gasteiger charge is 2.25. The maximum Gasteiger partial charge on any atom is 0.253 e. The van der Waals surface area contributed by atoms with Crippen molar-refractivity contribution in [3.63, 3.8) is 0 Å². The van der Waals surface area contributed by atoms with Crippen molar-refractivity contribution in [2.45, 2.75) is 25.4 Å². The van der Waals surface area contributed by atoms with E-state index >= 15 is 0 Å². The molecule has 0 spiro atoms. The van der Waals surface area contributed by atoms with Gasteiger partial charge in [-0.2, -0.15) is 0 Å². The van der Waals surface area contributed by atoms with Gasteiger partial charge >= 0.3 is 0 Å². The number of aliphatic hydroxyl groups excluding tert-OH is 1. The van der Waals surface area contributed by atoms with Gasteiger partial charge in [-0.3, -0.25) is 9.59 Å². The van der Waals surface area contributed by atoms with E-state index < -0.39 is 6.10 Å². The molecule has 2 N–H and O–H groups in total. The van der Waals surface area contributed by atoms with Crippen LogP contribution in [0.3, 0.4) is 0 Å². The number of piperidine rings is 1. The molecular weight excluding hydrogens is 244 g/mol. The van der Waals surface area contributed by atoms with Gasteiger partial charge in [0.15, 0.2) is 0 Å². The van der Waals surface area contributed by atoms with Crippen LogP contribution in [-0.2, 0) is 11.2 Å². The third-order valence-electron chi connectivity index (χ3n) is 3.66. The lowest BCUT2D eigenvalue weighted by Crippen LogP contribution is -2.42. The smallest absolute Gasteiger partial charge is 0.253 e. The molecule has 0 saturated carbocycles. The average molecular weight is 260 g/mol. The minimum atomic E-state index is -0.421. The number of likely N-dealkylation sites (tertiary alicyclic amines) is 1. The molecule has 1 saturated heterocycles. The van der Waals surface area contributed by atoms with Crippen molar-refractivity contribution in [1.82, 2.24) is 4.90 Å². The minimum absolute atomic E-state index is 0.0343. The number of hydrogen-bond acceptors (Lipinski definition) is 3. The molecular formula is C14H16N2O3. The molecule has 1 fully saturated rings. The maximum absolute atomic E-state index is 12.3. The number of carbonyl (C=O) groups excluding carboxylic acids is 2. The van der Waals surface area contributed by atoms with Crippen LogP contribution in [-0.4, -0.2) is 41.0 Å². The van der Waals surface area contributed by atoms with Gasteiger partial charge in [0.05, 0.1) is 12.5 Å². The molecule has 2 heterocycles. The molecule has 19 heavy (non-hydrogen) atoms. The van der Waals surface area contributed by atoms with E-state index in [-0.39, 0.29) is 11.8 Å². The number of benzene rings is 1. The number of anilines is 1. The van der Waals surface area contributed by atoms with E-state index in [1.165, 1.54) is 0 Å². The molecule has 2 amide bonds. The number of hydrogen-bond donors (Lipinski definition) is 2. The number of nitrogens with zero attached hydrogens (tertiary/aromatic N) is 1. The van der Waals surface area contributed by atoms with Crippen LogP contribution in [0.15, 0.2) is 18.2 Å². The highest BCUT2D eigenvalue weighted by molar-refractivity contribution is 6.01. The lowest BCUT2D eigenvalue weighted by Gasteiger charge is -2.30. The predicted octanol–water partition coefficient (Wildman–Crippen LogP) is 0.778. The molecule has 5 heteroatoms. The second-order valence-corrected chi connectivity index (χ2v) is 5.14. The molecule has 0 radical (unpaired) electrons. The van der Waals surface area contributed by atoms with Gasteiger partial charge in [0, 0.05) is 24.3 Å². The minimum Gasteiger partial charge on any atom is -0.391 e. The fourth-order valence-electron chi connectivity index (χ4n) is 2.68. The van der Waals surface area contributed by atoms with Gasteiger partial charge in [-0.25, -0.2) is 0 Å². The van der Waals surface area contributed by atoms with Crippen LogP contribution in [0.4, 0.5) is 5.69 Å². The Morgan fingerprint density at radius 3 is 3.05 bits per heavy atom. The van der Waals surface area contributed by atoms with Crippen molar-refractivity contribution in [2.24, 2.45) is 0 Å². The first kappa shape index (κ1) is 12.2. The molecule has 2 aliphatic rings. The molecule has 0 unspecified atom stereocenters. The summed E-state index contributed by atoms with van der Waals surface area (Å²) in [5, 5.41) is 12.4. The topological polar surface area (TPSA) is 69.6 Å². The average Bonchev–Trinajstić information content (AvgIpc) is 2.76. The Morgan fingerprint density at radius 1 is 1.42 bits per heavy atom. The molecule has 1 aromatic carbocycles. The van der Waals surface area contributed by atoms with Gasteiger partial charge in [-0.05, 0) is 36.6 Å². The summed E-state index contributed by atoms with van der Waals surface area (Å²) in [6.45, 7) is 1.08. The third kappa shape index (κ3) is 2.33. The van der Waals surface area contributed by atoms with Crippen molar-refractivity contribution in [3.8, 4) is 0 Å². The summed E-state index contributed by atoms with van der Waals surface area (Å²) in [5.74, 6) is -0.103. The Kier molecular flexibility index (Phi) is 2.98. The summed E-state index contributed by atoms with van der Waals surface area (Å²) in [5.41, 5.74) is 2.25. The Labute approximate surface area is 111 Å². The molecule has 0 bridgehead atoms. The van der Waals surface area contributed by atoms with Crippen molar-refractivity contribution in [1.29, 1.82) is 0 Å². The van der Waals surface area contributed by atoms with Gasteiger partial charge in [-0.15, -0.1) is 0 Å². The highest BCUT2D eigenvalue weighted by atomic mass is 16.3. The summed E-state index contributed by atoms with van der Waals surface area (Å²) in [6.07, 6.45) is 1.50. The molecule has 0 aromatic heterocycles.